The fourth-order valence-electron chi connectivity index (χ4n) is 3.54. The number of anilines is 1. The van der Waals surface area contributed by atoms with E-state index in [0.29, 0.717) is 17.5 Å². The minimum atomic E-state index is -0.960. The second-order valence-electron chi connectivity index (χ2n) is 5.78. The molecule has 2 bridgehead atoms. The largest absolute Gasteiger partial charge is 0.464 e. The number of fused-ring (bicyclic) bond motifs is 5. The summed E-state index contributed by atoms with van der Waals surface area (Å²) in [6.45, 7) is 4.05. The SMILES string of the molecule is O=C(O)n1c(N2CCN3CCC2CC3)nc2ccccc21. The molecule has 21 heavy (non-hydrogen) atoms. The first kappa shape index (κ1) is 12.6. The van der Waals surface area contributed by atoms with Crippen LogP contribution in [0.5, 0.6) is 0 Å². The third-order valence-corrected chi connectivity index (χ3v) is 4.65. The van der Waals surface area contributed by atoms with Gasteiger partial charge in [0.2, 0.25) is 5.95 Å². The molecule has 0 unspecified atom stereocenters. The molecule has 6 heteroatoms. The molecule has 2 aromatic rings. The van der Waals surface area contributed by atoms with Crippen LogP contribution in [0.4, 0.5) is 10.7 Å². The molecule has 1 aromatic carbocycles. The zero-order valence-corrected chi connectivity index (χ0v) is 11.8. The van der Waals surface area contributed by atoms with Crippen LogP contribution in [-0.4, -0.2) is 57.9 Å². The number of benzene rings is 1. The van der Waals surface area contributed by atoms with Gasteiger partial charge in [0.05, 0.1) is 11.0 Å². The molecule has 3 aliphatic rings. The molecule has 4 heterocycles. The van der Waals surface area contributed by atoms with E-state index in [2.05, 4.69) is 14.8 Å². The Labute approximate surface area is 122 Å². The van der Waals surface area contributed by atoms with Gasteiger partial charge in [0.25, 0.3) is 0 Å². The van der Waals surface area contributed by atoms with Crippen LogP contribution >= 0.6 is 0 Å². The molecule has 0 aliphatic carbocycles. The van der Waals surface area contributed by atoms with E-state index in [-0.39, 0.29) is 0 Å². The van der Waals surface area contributed by atoms with Gasteiger partial charge in [0.15, 0.2) is 0 Å². The quantitative estimate of drug-likeness (QED) is 0.867. The molecule has 6 nitrogen and oxygen atoms in total. The van der Waals surface area contributed by atoms with Gasteiger partial charge in [-0.15, -0.1) is 0 Å². The van der Waals surface area contributed by atoms with Crippen molar-refractivity contribution in [2.45, 2.75) is 18.9 Å². The van der Waals surface area contributed by atoms with Crippen molar-refractivity contribution >= 4 is 23.1 Å². The van der Waals surface area contributed by atoms with Crippen LogP contribution < -0.4 is 4.90 Å². The molecule has 0 amide bonds. The molecular weight excluding hydrogens is 268 g/mol. The van der Waals surface area contributed by atoms with Gasteiger partial charge in [0.1, 0.15) is 0 Å². The maximum Gasteiger partial charge on any atom is 0.418 e. The third kappa shape index (κ3) is 1.98. The maximum absolute atomic E-state index is 11.7. The summed E-state index contributed by atoms with van der Waals surface area (Å²) >= 11 is 0. The summed E-state index contributed by atoms with van der Waals surface area (Å²) < 4.78 is 1.34. The number of rotatable bonds is 1. The number of para-hydroxylation sites is 2. The lowest BCUT2D eigenvalue weighted by Gasteiger charge is -2.31. The summed E-state index contributed by atoms with van der Waals surface area (Å²) in [5, 5.41) is 9.61. The second kappa shape index (κ2) is 4.73. The van der Waals surface area contributed by atoms with E-state index in [1.54, 1.807) is 0 Å². The Balaban J connectivity index is 1.85. The summed E-state index contributed by atoms with van der Waals surface area (Å²) in [5.74, 6) is 0.581. The highest BCUT2D eigenvalue weighted by atomic mass is 16.4. The van der Waals surface area contributed by atoms with Gasteiger partial charge in [0, 0.05) is 32.2 Å². The van der Waals surface area contributed by atoms with Crippen LogP contribution in [0, 0.1) is 0 Å². The summed E-state index contributed by atoms with van der Waals surface area (Å²) in [4.78, 5) is 21.0. The average molecular weight is 286 g/mol. The first-order valence-electron chi connectivity index (χ1n) is 7.44. The Morgan fingerprint density at radius 2 is 1.90 bits per heavy atom. The van der Waals surface area contributed by atoms with Crippen molar-refractivity contribution in [3.8, 4) is 0 Å². The van der Waals surface area contributed by atoms with Crippen molar-refractivity contribution in [2.75, 3.05) is 31.1 Å². The smallest absolute Gasteiger partial charge is 0.418 e. The molecule has 3 fully saturated rings. The van der Waals surface area contributed by atoms with Gasteiger partial charge in [-0.3, -0.25) is 0 Å². The first-order valence-corrected chi connectivity index (χ1v) is 7.44. The lowest BCUT2D eigenvalue weighted by molar-refractivity contribution is 0.197. The lowest BCUT2D eigenvalue weighted by atomic mass is 10.1. The van der Waals surface area contributed by atoms with E-state index in [9.17, 15) is 9.90 Å². The second-order valence-corrected chi connectivity index (χ2v) is 5.78. The van der Waals surface area contributed by atoms with E-state index in [0.717, 1.165) is 44.5 Å². The Hall–Kier alpha value is -2.08. The Kier molecular flexibility index (Phi) is 2.85. The van der Waals surface area contributed by atoms with Crippen LogP contribution in [-0.2, 0) is 0 Å². The van der Waals surface area contributed by atoms with E-state index < -0.39 is 6.09 Å². The fourth-order valence-corrected chi connectivity index (χ4v) is 3.54. The number of imidazole rings is 1. The summed E-state index contributed by atoms with van der Waals surface area (Å²) in [7, 11) is 0. The fraction of sp³-hybridized carbons (Fsp3) is 0.467. The summed E-state index contributed by atoms with van der Waals surface area (Å²) in [6, 6.07) is 7.84. The molecule has 0 atom stereocenters. The minimum Gasteiger partial charge on any atom is -0.464 e. The van der Waals surface area contributed by atoms with Crippen LogP contribution in [0.25, 0.3) is 11.0 Å². The van der Waals surface area contributed by atoms with Crippen molar-refractivity contribution in [1.82, 2.24) is 14.5 Å². The topological polar surface area (TPSA) is 61.6 Å². The van der Waals surface area contributed by atoms with Crippen LogP contribution in [0.15, 0.2) is 24.3 Å². The van der Waals surface area contributed by atoms with Crippen molar-refractivity contribution in [2.24, 2.45) is 0 Å². The molecule has 0 radical (unpaired) electrons. The number of aromatic nitrogens is 2. The van der Waals surface area contributed by atoms with Gasteiger partial charge in [-0.2, -0.15) is 0 Å². The molecule has 5 rings (SSSR count). The lowest BCUT2D eigenvalue weighted by Crippen LogP contribution is -2.39. The minimum absolute atomic E-state index is 0.402. The molecular formula is C15H18N4O2. The van der Waals surface area contributed by atoms with Crippen LogP contribution in [0.2, 0.25) is 0 Å². The van der Waals surface area contributed by atoms with Crippen molar-refractivity contribution in [3.63, 3.8) is 0 Å². The Bertz CT molecular complexity index is 688. The van der Waals surface area contributed by atoms with Crippen molar-refractivity contribution < 1.29 is 9.90 Å². The van der Waals surface area contributed by atoms with Gasteiger partial charge in [-0.05, 0) is 25.0 Å². The monoisotopic (exact) mass is 286 g/mol. The van der Waals surface area contributed by atoms with Crippen LogP contribution in [0.1, 0.15) is 12.8 Å². The Morgan fingerprint density at radius 3 is 2.67 bits per heavy atom. The number of hydrogen-bond acceptors (Lipinski definition) is 4. The van der Waals surface area contributed by atoms with E-state index in [4.69, 9.17) is 0 Å². The molecule has 1 N–H and O–H groups in total. The molecule has 3 aliphatic heterocycles. The van der Waals surface area contributed by atoms with Gasteiger partial charge < -0.3 is 14.9 Å². The van der Waals surface area contributed by atoms with Gasteiger partial charge in [-0.25, -0.2) is 14.3 Å². The average Bonchev–Trinajstić information content (AvgIpc) is 2.63. The van der Waals surface area contributed by atoms with E-state index >= 15 is 0 Å². The molecule has 1 aromatic heterocycles. The zero-order chi connectivity index (χ0) is 14.4. The van der Waals surface area contributed by atoms with Gasteiger partial charge >= 0.3 is 6.09 Å². The van der Waals surface area contributed by atoms with Crippen LogP contribution in [0.3, 0.4) is 0 Å². The molecule has 0 saturated carbocycles. The highest BCUT2D eigenvalue weighted by Gasteiger charge is 2.32. The van der Waals surface area contributed by atoms with Gasteiger partial charge in [-0.1, -0.05) is 12.1 Å². The standard InChI is InChI=1S/C15H18N4O2/c20-15(21)19-13-4-2-1-3-12(13)16-14(19)18-10-9-17-7-5-11(18)6-8-17/h1-4,11H,5-10H2,(H,20,21). The highest BCUT2D eigenvalue weighted by molar-refractivity contribution is 5.90. The molecule has 3 saturated heterocycles. The maximum atomic E-state index is 11.7. The number of carboxylic acid groups (broad SMARTS) is 1. The zero-order valence-electron chi connectivity index (χ0n) is 11.8. The van der Waals surface area contributed by atoms with Crippen molar-refractivity contribution in [1.29, 1.82) is 0 Å². The highest BCUT2D eigenvalue weighted by Crippen LogP contribution is 2.29. The number of nitrogens with zero attached hydrogens (tertiary/aromatic N) is 4. The molecule has 110 valence electrons. The first-order chi connectivity index (χ1) is 10.2. The van der Waals surface area contributed by atoms with Crippen molar-refractivity contribution in [3.05, 3.63) is 24.3 Å². The van der Waals surface area contributed by atoms with E-state index in [1.165, 1.54) is 4.57 Å². The predicted molar refractivity (Wildman–Crippen MR) is 80.0 cm³/mol. The number of piperidine rings is 1. The third-order valence-electron chi connectivity index (χ3n) is 4.65. The summed E-state index contributed by atoms with van der Waals surface area (Å²) in [5.41, 5.74) is 1.41. The number of hydrogen-bond donors (Lipinski definition) is 1. The normalized spacial score (nSPS) is 25.2. The Morgan fingerprint density at radius 1 is 1.14 bits per heavy atom. The number of carbonyl (C=O) groups is 1. The molecule has 0 spiro atoms. The van der Waals surface area contributed by atoms with E-state index in [1.807, 2.05) is 24.3 Å². The summed E-state index contributed by atoms with van der Waals surface area (Å²) in [6.07, 6.45) is 1.21. The predicted octanol–water partition coefficient (Wildman–Crippen LogP) is 1.85.